The van der Waals surface area contributed by atoms with Gasteiger partial charge in [-0.05, 0) is 74.0 Å². The van der Waals surface area contributed by atoms with Crippen molar-refractivity contribution in [2.24, 2.45) is 0 Å². The third-order valence-electron chi connectivity index (χ3n) is 8.02. The highest BCUT2D eigenvalue weighted by Gasteiger charge is 2.21. The molecule has 12 heteroatoms. The van der Waals surface area contributed by atoms with Gasteiger partial charge in [0, 0.05) is 36.5 Å². The molecular formula is C38H35N5O7. The van der Waals surface area contributed by atoms with E-state index in [-0.39, 0.29) is 28.0 Å². The van der Waals surface area contributed by atoms with Gasteiger partial charge in [-0.3, -0.25) is 14.4 Å². The molecule has 2 amide bonds. The molecule has 2 aromatic heterocycles. The summed E-state index contributed by atoms with van der Waals surface area (Å²) in [5, 5.41) is 9.81. The quantitative estimate of drug-likeness (QED) is 0.151. The van der Waals surface area contributed by atoms with Gasteiger partial charge in [-0.1, -0.05) is 41.6 Å². The number of carbonyl (C=O) groups is 2. The molecule has 0 radical (unpaired) electrons. The second-order valence-electron chi connectivity index (χ2n) is 11.7. The molecule has 4 aromatic carbocycles. The van der Waals surface area contributed by atoms with Crippen LogP contribution in [0.3, 0.4) is 0 Å². The van der Waals surface area contributed by atoms with Gasteiger partial charge in [0.25, 0.3) is 17.7 Å². The first-order chi connectivity index (χ1) is 24.2. The van der Waals surface area contributed by atoms with Crippen LogP contribution in [0, 0.1) is 6.92 Å². The molecule has 12 nitrogen and oxygen atoms in total. The van der Waals surface area contributed by atoms with E-state index in [0.717, 1.165) is 42.3 Å². The Kier molecular flexibility index (Phi) is 10.0. The summed E-state index contributed by atoms with van der Waals surface area (Å²) in [6, 6.07) is 26.3. The molecule has 0 unspecified atom stereocenters. The number of amides is 2. The molecule has 0 aliphatic heterocycles. The van der Waals surface area contributed by atoms with E-state index in [4.69, 9.17) is 18.4 Å². The highest BCUT2D eigenvalue weighted by Crippen LogP contribution is 2.34. The minimum absolute atomic E-state index is 0.114. The van der Waals surface area contributed by atoms with E-state index in [2.05, 4.69) is 44.9 Å². The highest BCUT2D eigenvalue weighted by molar-refractivity contribution is 6.12. The number of nitrogens with one attached hydrogen (secondary N) is 2. The largest absolute Gasteiger partial charge is 0.493 e. The molecule has 0 aliphatic rings. The molecule has 0 fully saturated rings. The van der Waals surface area contributed by atoms with Crippen molar-refractivity contribution in [2.75, 3.05) is 38.4 Å². The minimum atomic E-state index is -0.710. The van der Waals surface area contributed by atoms with Crippen molar-refractivity contribution in [3.63, 3.8) is 0 Å². The van der Waals surface area contributed by atoms with Crippen molar-refractivity contribution in [3.05, 3.63) is 129 Å². The SMILES string of the molecule is COc1cc(NC(=O)c2cc(=O)c3ccccc3o2)c(C(=O)Nc2ccc(CCN(C)Cc3cccc(-c4nc(C)no4)c3)cc2)cc1OC. The van der Waals surface area contributed by atoms with Crippen LogP contribution in [-0.2, 0) is 13.0 Å². The standard InChI is InChI=1S/C38H35N5O7/c1-23-39-38(50-42-23)26-9-7-8-25(18-26)22-43(2)17-16-24-12-14-27(15-13-24)40-36(45)29-19-33(47-3)34(48-4)20-30(29)41-37(46)35-21-31(44)28-10-5-6-11-32(28)49-35/h5-15,18-21H,16-17,22H2,1-4H3,(H,40,45)(H,41,46). The molecule has 2 heterocycles. The Morgan fingerprint density at radius 3 is 2.34 bits per heavy atom. The predicted octanol–water partition coefficient (Wildman–Crippen LogP) is 6.35. The topological polar surface area (TPSA) is 149 Å². The van der Waals surface area contributed by atoms with E-state index >= 15 is 0 Å². The highest BCUT2D eigenvalue weighted by atomic mass is 16.5. The number of fused-ring (bicyclic) bond motifs is 1. The van der Waals surface area contributed by atoms with Crippen molar-refractivity contribution < 1.29 is 28.0 Å². The first kappa shape index (κ1) is 33.6. The molecule has 0 spiro atoms. The van der Waals surface area contributed by atoms with Gasteiger partial charge < -0.3 is 33.9 Å². The molecule has 0 bridgehead atoms. The van der Waals surface area contributed by atoms with Crippen molar-refractivity contribution in [3.8, 4) is 23.0 Å². The predicted molar refractivity (Wildman–Crippen MR) is 189 cm³/mol. The summed E-state index contributed by atoms with van der Waals surface area (Å²) in [5.41, 5.74) is 3.84. The molecule has 0 saturated carbocycles. The van der Waals surface area contributed by atoms with Crippen molar-refractivity contribution >= 4 is 34.2 Å². The molecule has 0 atom stereocenters. The number of benzene rings is 4. The Hall–Kier alpha value is -6.27. The van der Waals surface area contributed by atoms with E-state index in [0.29, 0.717) is 34.3 Å². The van der Waals surface area contributed by atoms with Crippen LogP contribution in [0.25, 0.3) is 22.4 Å². The van der Waals surface area contributed by atoms with E-state index < -0.39 is 11.8 Å². The number of aromatic nitrogens is 2. The molecular weight excluding hydrogens is 638 g/mol. The zero-order valence-electron chi connectivity index (χ0n) is 28.0. The fraction of sp³-hybridized carbons (Fsp3) is 0.184. The van der Waals surface area contributed by atoms with Crippen molar-refractivity contribution in [1.82, 2.24) is 15.0 Å². The van der Waals surface area contributed by atoms with E-state index in [9.17, 15) is 14.4 Å². The van der Waals surface area contributed by atoms with Gasteiger partial charge in [-0.15, -0.1) is 0 Å². The van der Waals surface area contributed by atoms with Crippen LogP contribution >= 0.6 is 0 Å². The third-order valence-corrected chi connectivity index (χ3v) is 8.02. The number of hydrogen-bond acceptors (Lipinski definition) is 10. The Bertz CT molecular complexity index is 2230. The maximum absolute atomic E-state index is 13.6. The molecule has 50 heavy (non-hydrogen) atoms. The molecule has 0 saturated heterocycles. The summed E-state index contributed by atoms with van der Waals surface area (Å²) in [6.07, 6.45) is 0.796. The van der Waals surface area contributed by atoms with Gasteiger partial charge in [-0.25, -0.2) is 0 Å². The van der Waals surface area contributed by atoms with E-state index in [1.165, 1.54) is 26.4 Å². The molecule has 254 valence electrons. The zero-order chi connectivity index (χ0) is 35.2. The molecule has 2 N–H and O–H groups in total. The second kappa shape index (κ2) is 14.9. The van der Waals surface area contributed by atoms with Crippen LogP contribution < -0.4 is 25.5 Å². The average molecular weight is 674 g/mol. The fourth-order valence-corrected chi connectivity index (χ4v) is 5.45. The molecule has 6 aromatic rings. The van der Waals surface area contributed by atoms with Crippen LogP contribution in [0.5, 0.6) is 11.5 Å². The van der Waals surface area contributed by atoms with Gasteiger partial charge in [-0.2, -0.15) is 4.98 Å². The monoisotopic (exact) mass is 673 g/mol. The first-order valence-corrected chi connectivity index (χ1v) is 15.8. The van der Waals surface area contributed by atoms with E-state index in [1.807, 2.05) is 36.4 Å². The summed E-state index contributed by atoms with van der Waals surface area (Å²) in [6.45, 7) is 3.34. The number of hydrogen-bond donors (Lipinski definition) is 2. The minimum Gasteiger partial charge on any atom is -0.493 e. The summed E-state index contributed by atoms with van der Waals surface area (Å²) in [5.74, 6) is 0.278. The fourth-order valence-electron chi connectivity index (χ4n) is 5.45. The van der Waals surface area contributed by atoms with Gasteiger partial charge in [0.2, 0.25) is 0 Å². The second-order valence-corrected chi connectivity index (χ2v) is 11.7. The number of rotatable bonds is 12. The summed E-state index contributed by atoms with van der Waals surface area (Å²) in [4.78, 5) is 46.0. The Balaban J connectivity index is 1.11. The lowest BCUT2D eigenvalue weighted by atomic mass is 10.1. The number of nitrogens with zero attached hydrogens (tertiary/aromatic N) is 3. The first-order valence-electron chi connectivity index (χ1n) is 15.8. The number of anilines is 2. The van der Waals surface area contributed by atoms with Crippen LogP contribution in [0.4, 0.5) is 11.4 Å². The van der Waals surface area contributed by atoms with Gasteiger partial charge >= 0.3 is 0 Å². The van der Waals surface area contributed by atoms with Crippen molar-refractivity contribution in [2.45, 2.75) is 19.9 Å². The average Bonchev–Trinajstić information content (AvgIpc) is 3.57. The summed E-state index contributed by atoms with van der Waals surface area (Å²) >= 11 is 0. The van der Waals surface area contributed by atoms with Crippen LogP contribution in [-0.4, -0.2) is 54.7 Å². The maximum atomic E-state index is 13.6. The number of carbonyl (C=O) groups excluding carboxylic acids is 2. The number of aryl methyl sites for hydroxylation is 1. The third kappa shape index (κ3) is 7.71. The van der Waals surface area contributed by atoms with Gasteiger partial charge in [0.15, 0.2) is 28.5 Å². The Labute approximate surface area is 287 Å². The van der Waals surface area contributed by atoms with Crippen LogP contribution in [0.15, 0.2) is 105 Å². The van der Waals surface area contributed by atoms with E-state index in [1.54, 1.807) is 31.2 Å². The number of ether oxygens (including phenoxy) is 2. The zero-order valence-corrected chi connectivity index (χ0v) is 28.0. The Morgan fingerprint density at radius 1 is 0.840 bits per heavy atom. The molecule has 0 aliphatic carbocycles. The lowest BCUT2D eigenvalue weighted by Gasteiger charge is -2.17. The molecule has 6 rings (SSSR count). The van der Waals surface area contributed by atoms with Crippen molar-refractivity contribution in [1.29, 1.82) is 0 Å². The van der Waals surface area contributed by atoms with Crippen LogP contribution in [0.2, 0.25) is 0 Å². The summed E-state index contributed by atoms with van der Waals surface area (Å²) in [7, 11) is 4.96. The van der Waals surface area contributed by atoms with Gasteiger partial charge in [0.1, 0.15) is 5.58 Å². The number of methoxy groups -OCH3 is 2. The number of likely N-dealkylation sites (N-methyl/N-ethyl adjacent to an activating group) is 1. The van der Waals surface area contributed by atoms with Crippen LogP contribution in [0.1, 0.15) is 37.9 Å². The number of para-hydroxylation sites is 1. The van der Waals surface area contributed by atoms with Gasteiger partial charge in [0.05, 0.1) is 30.9 Å². The summed E-state index contributed by atoms with van der Waals surface area (Å²) < 4.78 is 21.8. The lowest BCUT2D eigenvalue weighted by Crippen LogP contribution is -2.21. The normalized spacial score (nSPS) is 11.1. The smallest absolute Gasteiger partial charge is 0.291 e. The lowest BCUT2D eigenvalue weighted by molar-refractivity contribution is 0.0997. The maximum Gasteiger partial charge on any atom is 0.291 e. The Morgan fingerprint density at radius 2 is 1.60 bits per heavy atom.